The first-order valence-corrected chi connectivity index (χ1v) is 10.3. The molecule has 0 bridgehead atoms. The second-order valence-electron chi connectivity index (χ2n) is 7.77. The SMILES string of the molecule is Cc1ccc(-n2nc3cc(C)c(NC(=S)NC(=O)c4cc(C)cc(C)c4)cc3n2)cc1. The third kappa shape index (κ3) is 4.62. The number of nitrogens with zero attached hydrogens (tertiary/aromatic N) is 3. The van der Waals surface area contributed by atoms with Gasteiger partial charge in [-0.25, -0.2) is 0 Å². The van der Waals surface area contributed by atoms with Crippen LogP contribution in [0.4, 0.5) is 5.69 Å². The summed E-state index contributed by atoms with van der Waals surface area (Å²) in [6, 6.07) is 17.6. The number of benzene rings is 3. The molecule has 0 spiro atoms. The van der Waals surface area contributed by atoms with Crippen molar-refractivity contribution in [3.63, 3.8) is 0 Å². The molecule has 31 heavy (non-hydrogen) atoms. The minimum absolute atomic E-state index is 0.234. The molecule has 0 aliphatic rings. The molecule has 3 aromatic carbocycles. The van der Waals surface area contributed by atoms with Gasteiger partial charge in [-0.3, -0.25) is 10.1 Å². The first kappa shape index (κ1) is 20.7. The fourth-order valence-electron chi connectivity index (χ4n) is 3.43. The van der Waals surface area contributed by atoms with E-state index in [0.29, 0.717) is 5.56 Å². The summed E-state index contributed by atoms with van der Waals surface area (Å²) in [4.78, 5) is 14.2. The molecule has 4 aromatic rings. The molecular weight excluding hydrogens is 406 g/mol. The zero-order chi connectivity index (χ0) is 22.1. The topological polar surface area (TPSA) is 71.8 Å². The van der Waals surface area contributed by atoms with Gasteiger partial charge in [-0.15, -0.1) is 10.2 Å². The number of carbonyl (C=O) groups excluding carboxylic acids is 1. The van der Waals surface area contributed by atoms with Crippen LogP contribution in [0.15, 0.2) is 54.6 Å². The Hall–Kier alpha value is -3.58. The van der Waals surface area contributed by atoms with Gasteiger partial charge >= 0.3 is 0 Å². The highest BCUT2D eigenvalue weighted by atomic mass is 32.1. The number of aromatic nitrogens is 3. The third-order valence-corrected chi connectivity index (χ3v) is 5.15. The van der Waals surface area contributed by atoms with E-state index in [1.165, 1.54) is 5.56 Å². The Balaban J connectivity index is 1.53. The van der Waals surface area contributed by atoms with Crippen molar-refractivity contribution in [1.29, 1.82) is 0 Å². The van der Waals surface area contributed by atoms with Gasteiger partial charge in [0.2, 0.25) is 0 Å². The summed E-state index contributed by atoms with van der Waals surface area (Å²) in [5.74, 6) is -0.242. The first-order valence-electron chi connectivity index (χ1n) is 9.94. The van der Waals surface area contributed by atoms with Crippen LogP contribution in [-0.2, 0) is 0 Å². The van der Waals surface area contributed by atoms with Crippen LogP contribution in [0.5, 0.6) is 0 Å². The van der Waals surface area contributed by atoms with E-state index in [1.54, 1.807) is 4.80 Å². The largest absolute Gasteiger partial charge is 0.332 e. The van der Waals surface area contributed by atoms with Crippen LogP contribution in [0.25, 0.3) is 16.7 Å². The van der Waals surface area contributed by atoms with Crippen molar-refractivity contribution in [3.05, 3.63) is 82.4 Å². The van der Waals surface area contributed by atoms with Crippen molar-refractivity contribution in [2.45, 2.75) is 27.7 Å². The lowest BCUT2D eigenvalue weighted by Crippen LogP contribution is -2.34. The van der Waals surface area contributed by atoms with E-state index in [2.05, 4.69) is 20.8 Å². The van der Waals surface area contributed by atoms with E-state index >= 15 is 0 Å². The number of hydrogen-bond donors (Lipinski definition) is 2. The summed E-state index contributed by atoms with van der Waals surface area (Å²) in [7, 11) is 0. The molecule has 0 saturated heterocycles. The van der Waals surface area contributed by atoms with Crippen LogP contribution >= 0.6 is 12.2 Å². The Morgan fingerprint density at radius 2 is 1.45 bits per heavy atom. The van der Waals surface area contributed by atoms with Crippen molar-refractivity contribution in [2.75, 3.05) is 5.32 Å². The number of amides is 1. The van der Waals surface area contributed by atoms with Gasteiger partial charge in [-0.2, -0.15) is 4.80 Å². The van der Waals surface area contributed by atoms with Gasteiger partial charge in [-0.1, -0.05) is 34.9 Å². The van der Waals surface area contributed by atoms with Crippen molar-refractivity contribution < 1.29 is 4.79 Å². The van der Waals surface area contributed by atoms with Crippen LogP contribution in [0.2, 0.25) is 0 Å². The lowest BCUT2D eigenvalue weighted by atomic mass is 10.1. The molecule has 1 aromatic heterocycles. The van der Waals surface area contributed by atoms with Gasteiger partial charge in [-0.05, 0) is 81.9 Å². The number of nitrogens with one attached hydrogen (secondary N) is 2. The highest BCUT2D eigenvalue weighted by Crippen LogP contribution is 2.22. The van der Waals surface area contributed by atoms with E-state index < -0.39 is 0 Å². The maximum atomic E-state index is 12.6. The number of anilines is 1. The molecule has 6 nitrogen and oxygen atoms in total. The van der Waals surface area contributed by atoms with Crippen molar-refractivity contribution in [3.8, 4) is 5.69 Å². The summed E-state index contributed by atoms with van der Waals surface area (Å²) in [5.41, 5.74) is 7.95. The van der Waals surface area contributed by atoms with E-state index in [9.17, 15) is 4.79 Å². The van der Waals surface area contributed by atoms with Crippen LogP contribution in [0.3, 0.4) is 0 Å². The standard InChI is InChI=1S/C24H23N5OS/c1-14-5-7-19(8-6-14)29-27-21-12-17(4)20(13-22(21)28-29)25-24(31)26-23(30)18-10-15(2)9-16(3)11-18/h5-13H,1-4H3,(H2,25,26,30,31). The molecule has 0 radical (unpaired) electrons. The highest BCUT2D eigenvalue weighted by Gasteiger charge is 2.12. The molecule has 0 saturated carbocycles. The van der Waals surface area contributed by atoms with Gasteiger partial charge in [0.1, 0.15) is 11.0 Å². The molecule has 7 heteroatoms. The second kappa shape index (κ2) is 8.28. The van der Waals surface area contributed by atoms with Gasteiger partial charge in [0, 0.05) is 11.3 Å². The summed E-state index contributed by atoms with van der Waals surface area (Å²) < 4.78 is 0. The zero-order valence-corrected chi connectivity index (χ0v) is 18.7. The Morgan fingerprint density at radius 1 is 0.839 bits per heavy atom. The fraction of sp³-hybridized carbons (Fsp3) is 0.167. The van der Waals surface area contributed by atoms with Crippen LogP contribution < -0.4 is 10.6 Å². The summed E-state index contributed by atoms with van der Waals surface area (Å²) in [6.07, 6.45) is 0. The van der Waals surface area contributed by atoms with Gasteiger partial charge in [0.25, 0.3) is 5.91 Å². The van der Waals surface area contributed by atoms with E-state index in [-0.39, 0.29) is 11.0 Å². The average molecular weight is 430 g/mol. The monoisotopic (exact) mass is 429 g/mol. The molecular formula is C24H23N5OS. The summed E-state index contributed by atoms with van der Waals surface area (Å²) in [6.45, 7) is 7.92. The third-order valence-electron chi connectivity index (χ3n) is 4.95. The zero-order valence-electron chi connectivity index (χ0n) is 17.9. The minimum Gasteiger partial charge on any atom is -0.332 e. The van der Waals surface area contributed by atoms with Crippen molar-refractivity contribution in [2.24, 2.45) is 0 Å². The summed E-state index contributed by atoms with van der Waals surface area (Å²) >= 11 is 5.37. The number of carbonyl (C=O) groups is 1. The van der Waals surface area contributed by atoms with E-state index in [1.807, 2.05) is 82.3 Å². The van der Waals surface area contributed by atoms with Crippen LogP contribution in [0, 0.1) is 27.7 Å². The number of aryl methyl sites for hydroxylation is 4. The van der Waals surface area contributed by atoms with Crippen LogP contribution in [0.1, 0.15) is 32.6 Å². The fourth-order valence-corrected chi connectivity index (χ4v) is 3.63. The molecule has 2 N–H and O–H groups in total. The predicted molar refractivity (Wildman–Crippen MR) is 128 cm³/mol. The number of hydrogen-bond acceptors (Lipinski definition) is 4. The normalized spacial score (nSPS) is 10.8. The highest BCUT2D eigenvalue weighted by molar-refractivity contribution is 7.80. The molecule has 0 aliphatic heterocycles. The maximum Gasteiger partial charge on any atom is 0.257 e. The molecule has 0 aliphatic carbocycles. The molecule has 0 unspecified atom stereocenters. The molecule has 0 fully saturated rings. The second-order valence-corrected chi connectivity index (χ2v) is 8.17. The molecule has 156 valence electrons. The quantitative estimate of drug-likeness (QED) is 0.459. The smallest absolute Gasteiger partial charge is 0.257 e. The molecule has 0 atom stereocenters. The summed E-state index contributed by atoms with van der Waals surface area (Å²) in [5, 5.41) is 15.3. The van der Waals surface area contributed by atoms with Gasteiger partial charge in [0.15, 0.2) is 5.11 Å². The Bertz CT molecular complexity index is 1290. The van der Waals surface area contributed by atoms with Crippen molar-refractivity contribution >= 4 is 40.0 Å². The lowest BCUT2D eigenvalue weighted by molar-refractivity contribution is 0.0977. The Morgan fingerprint density at radius 3 is 2.10 bits per heavy atom. The molecule has 1 amide bonds. The van der Waals surface area contributed by atoms with E-state index in [4.69, 9.17) is 12.2 Å². The van der Waals surface area contributed by atoms with Crippen molar-refractivity contribution in [1.82, 2.24) is 20.3 Å². The lowest BCUT2D eigenvalue weighted by Gasteiger charge is -2.12. The van der Waals surface area contributed by atoms with Gasteiger partial charge in [0.05, 0.1) is 5.69 Å². The Kier molecular flexibility index (Phi) is 5.52. The molecule has 4 rings (SSSR count). The number of thiocarbonyl (C=S) groups is 1. The minimum atomic E-state index is -0.242. The Labute approximate surface area is 186 Å². The maximum absolute atomic E-state index is 12.6. The predicted octanol–water partition coefficient (Wildman–Crippen LogP) is 4.78. The van der Waals surface area contributed by atoms with Crippen LogP contribution in [-0.4, -0.2) is 26.0 Å². The average Bonchev–Trinajstić information content (AvgIpc) is 3.10. The number of rotatable bonds is 3. The first-order chi connectivity index (χ1) is 14.8. The number of fused-ring (bicyclic) bond motifs is 1. The van der Waals surface area contributed by atoms with E-state index in [0.717, 1.165) is 39.1 Å². The van der Waals surface area contributed by atoms with Gasteiger partial charge < -0.3 is 5.32 Å². The molecule has 1 heterocycles.